The van der Waals surface area contributed by atoms with Gasteiger partial charge in [-0.3, -0.25) is 4.98 Å². The summed E-state index contributed by atoms with van der Waals surface area (Å²) >= 11 is 9.94. The average molecular weight is 413 g/mol. The van der Waals surface area contributed by atoms with Gasteiger partial charge in [-0.2, -0.15) is 11.8 Å². The van der Waals surface area contributed by atoms with Crippen LogP contribution in [-0.4, -0.2) is 43.9 Å². The first kappa shape index (κ1) is 21.3. The predicted octanol–water partition coefficient (Wildman–Crippen LogP) is 4.27. The van der Waals surface area contributed by atoms with Crippen molar-refractivity contribution in [2.24, 2.45) is 0 Å². The lowest BCUT2D eigenvalue weighted by atomic mass is 10.2. The number of aromatic nitrogens is 3. The second-order valence-corrected chi connectivity index (χ2v) is 8.53. The van der Waals surface area contributed by atoms with Crippen LogP contribution in [0, 0.1) is 20.8 Å². The fraction of sp³-hybridized carbons (Fsp3) is 0.500. The van der Waals surface area contributed by atoms with Crippen molar-refractivity contribution in [2.45, 2.75) is 38.6 Å². The summed E-state index contributed by atoms with van der Waals surface area (Å²) in [5.74, 6) is 4.31. The molecular weight excluding hydrogens is 388 g/mol. The van der Waals surface area contributed by atoms with Crippen molar-refractivity contribution in [1.29, 1.82) is 0 Å². The highest BCUT2D eigenvalue weighted by Gasteiger charge is 2.10. The number of rotatable bonds is 10. The van der Waals surface area contributed by atoms with Crippen LogP contribution in [0.2, 0.25) is 5.02 Å². The van der Waals surface area contributed by atoms with E-state index in [1.807, 2.05) is 31.8 Å². The lowest BCUT2D eigenvalue weighted by molar-refractivity contribution is 0.322. The van der Waals surface area contributed by atoms with Gasteiger partial charge < -0.3 is 10.4 Å². The first-order valence-corrected chi connectivity index (χ1v) is 11.0. The second-order valence-electron chi connectivity index (χ2n) is 5.79. The lowest BCUT2D eigenvalue weighted by Crippen LogP contribution is -2.08. The van der Waals surface area contributed by atoms with E-state index in [1.54, 1.807) is 11.8 Å². The Labute approximate surface area is 168 Å². The van der Waals surface area contributed by atoms with E-state index in [0.29, 0.717) is 23.2 Å². The molecule has 26 heavy (non-hydrogen) atoms. The number of halogens is 1. The van der Waals surface area contributed by atoms with Gasteiger partial charge in [-0.1, -0.05) is 11.6 Å². The van der Waals surface area contributed by atoms with Crippen molar-refractivity contribution in [3.05, 3.63) is 40.1 Å². The van der Waals surface area contributed by atoms with Gasteiger partial charge in [0, 0.05) is 16.8 Å². The number of pyridine rings is 1. The van der Waals surface area contributed by atoms with E-state index < -0.39 is 0 Å². The van der Waals surface area contributed by atoms with Gasteiger partial charge in [-0.05, 0) is 50.3 Å². The van der Waals surface area contributed by atoms with Crippen LogP contribution < -0.4 is 5.32 Å². The molecule has 0 fully saturated rings. The Kier molecular flexibility index (Phi) is 8.98. The molecule has 142 valence electrons. The maximum Gasteiger partial charge on any atom is 0.149 e. The van der Waals surface area contributed by atoms with Gasteiger partial charge >= 0.3 is 0 Å². The summed E-state index contributed by atoms with van der Waals surface area (Å²) in [6, 6.07) is 2.07. The van der Waals surface area contributed by atoms with Gasteiger partial charge in [-0.25, -0.2) is 9.97 Å². The quantitative estimate of drug-likeness (QED) is 0.446. The van der Waals surface area contributed by atoms with Gasteiger partial charge in [0.15, 0.2) is 0 Å². The molecule has 0 saturated heterocycles. The number of nitrogens with one attached hydrogen (secondary N) is 1. The number of aliphatic hydroxyl groups excluding tert-OH is 1. The Bertz CT molecular complexity index is 731. The molecule has 0 aromatic carbocycles. The molecule has 0 aliphatic carbocycles. The smallest absolute Gasteiger partial charge is 0.149 e. The van der Waals surface area contributed by atoms with Gasteiger partial charge in [0.25, 0.3) is 0 Å². The van der Waals surface area contributed by atoms with E-state index in [2.05, 4.69) is 33.3 Å². The summed E-state index contributed by atoms with van der Waals surface area (Å²) in [4.78, 5) is 14.4. The Morgan fingerprint density at radius 3 is 2.73 bits per heavy atom. The molecule has 0 unspecified atom stereocenters. The normalized spacial score (nSPS) is 11.0. The van der Waals surface area contributed by atoms with Crippen LogP contribution in [0.3, 0.4) is 0 Å². The summed E-state index contributed by atoms with van der Waals surface area (Å²) in [6.45, 7) is 6.66. The standard InChI is InChI=1S/C18H25ClN4OS2/c1-12-15(11-21-18-17(19)13(2)22-14(3)23-18)20-6-5-16(12)26-9-4-8-25-10-7-24/h5-6,24H,4,7-11H2,1-3H3,(H,21,22,23). The Hall–Kier alpha value is -1.02. The van der Waals surface area contributed by atoms with Crippen LogP contribution in [0.5, 0.6) is 0 Å². The molecule has 2 rings (SSSR count). The van der Waals surface area contributed by atoms with Gasteiger partial charge in [0.05, 0.1) is 24.5 Å². The van der Waals surface area contributed by atoms with Crippen molar-refractivity contribution in [3.8, 4) is 0 Å². The molecule has 0 atom stereocenters. The topological polar surface area (TPSA) is 70.9 Å². The van der Waals surface area contributed by atoms with E-state index in [1.165, 1.54) is 10.5 Å². The highest BCUT2D eigenvalue weighted by molar-refractivity contribution is 8.00. The van der Waals surface area contributed by atoms with Crippen molar-refractivity contribution >= 4 is 40.9 Å². The first-order chi connectivity index (χ1) is 12.5. The summed E-state index contributed by atoms with van der Waals surface area (Å²) in [5.41, 5.74) is 2.95. The molecular formula is C18H25ClN4OS2. The molecule has 5 nitrogen and oxygen atoms in total. The molecule has 2 heterocycles. The van der Waals surface area contributed by atoms with Crippen molar-refractivity contribution in [1.82, 2.24) is 15.0 Å². The highest BCUT2D eigenvalue weighted by Crippen LogP contribution is 2.26. The number of hydrogen-bond acceptors (Lipinski definition) is 7. The third-order valence-corrected chi connectivity index (χ3v) is 6.48. The summed E-state index contributed by atoms with van der Waals surface area (Å²) < 4.78 is 0. The zero-order valence-electron chi connectivity index (χ0n) is 15.4. The number of aryl methyl sites for hydroxylation is 2. The molecule has 0 aliphatic rings. The number of nitrogens with zero attached hydrogens (tertiary/aromatic N) is 3. The van der Waals surface area contributed by atoms with Crippen molar-refractivity contribution in [3.63, 3.8) is 0 Å². The van der Waals surface area contributed by atoms with Crippen LogP contribution >= 0.6 is 35.1 Å². The molecule has 0 amide bonds. The average Bonchev–Trinajstić information content (AvgIpc) is 2.62. The number of anilines is 1. The van der Waals surface area contributed by atoms with E-state index in [9.17, 15) is 0 Å². The molecule has 8 heteroatoms. The lowest BCUT2D eigenvalue weighted by Gasteiger charge is -2.13. The summed E-state index contributed by atoms with van der Waals surface area (Å²) in [7, 11) is 0. The summed E-state index contributed by atoms with van der Waals surface area (Å²) in [6.07, 6.45) is 2.98. The Morgan fingerprint density at radius 1 is 1.15 bits per heavy atom. The number of thioether (sulfide) groups is 2. The number of aliphatic hydroxyl groups is 1. The molecule has 2 aromatic heterocycles. The fourth-order valence-corrected chi connectivity index (χ4v) is 4.40. The maximum atomic E-state index is 8.79. The van der Waals surface area contributed by atoms with Crippen LogP contribution in [0.4, 0.5) is 5.82 Å². The van der Waals surface area contributed by atoms with E-state index >= 15 is 0 Å². The molecule has 0 saturated carbocycles. The third-order valence-electron chi connectivity index (χ3n) is 3.74. The second kappa shape index (κ2) is 11.0. The molecule has 0 radical (unpaired) electrons. The Balaban J connectivity index is 1.94. The minimum absolute atomic E-state index is 0.257. The molecule has 2 N–H and O–H groups in total. The SMILES string of the molecule is Cc1nc(C)c(Cl)c(NCc2nccc(SCCCSCCO)c2C)n1. The van der Waals surface area contributed by atoms with Crippen LogP contribution in [-0.2, 0) is 6.54 Å². The molecule has 2 aromatic rings. The predicted molar refractivity (Wildman–Crippen MR) is 113 cm³/mol. The van der Waals surface area contributed by atoms with E-state index in [4.69, 9.17) is 16.7 Å². The highest BCUT2D eigenvalue weighted by atomic mass is 35.5. The zero-order valence-corrected chi connectivity index (χ0v) is 17.8. The molecule has 0 bridgehead atoms. The minimum atomic E-state index is 0.257. The number of hydrogen-bond donors (Lipinski definition) is 2. The van der Waals surface area contributed by atoms with Gasteiger partial charge in [0.2, 0.25) is 0 Å². The van der Waals surface area contributed by atoms with E-state index in [0.717, 1.165) is 35.1 Å². The van der Waals surface area contributed by atoms with Gasteiger partial charge in [-0.15, -0.1) is 11.8 Å². The first-order valence-electron chi connectivity index (χ1n) is 8.53. The third kappa shape index (κ3) is 6.30. The Morgan fingerprint density at radius 2 is 1.96 bits per heavy atom. The van der Waals surface area contributed by atoms with Crippen LogP contribution in [0.1, 0.15) is 29.2 Å². The zero-order chi connectivity index (χ0) is 18.9. The van der Waals surface area contributed by atoms with Crippen molar-refractivity contribution in [2.75, 3.05) is 29.2 Å². The van der Waals surface area contributed by atoms with Crippen LogP contribution in [0.25, 0.3) is 0 Å². The van der Waals surface area contributed by atoms with Gasteiger partial charge in [0.1, 0.15) is 16.7 Å². The fourth-order valence-electron chi connectivity index (χ4n) is 2.39. The molecule has 0 spiro atoms. The van der Waals surface area contributed by atoms with Crippen molar-refractivity contribution < 1.29 is 5.11 Å². The van der Waals surface area contributed by atoms with E-state index in [-0.39, 0.29) is 6.61 Å². The van der Waals surface area contributed by atoms with Crippen LogP contribution in [0.15, 0.2) is 17.2 Å². The summed E-state index contributed by atoms with van der Waals surface area (Å²) in [5, 5.41) is 12.6. The molecule has 0 aliphatic heterocycles. The monoisotopic (exact) mass is 412 g/mol. The minimum Gasteiger partial charge on any atom is -0.396 e. The largest absolute Gasteiger partial charge is 0.396 e. The maximum absolute atomic E-state index is 8.79.